The first-order valence-electron chi connectivity index (χ1n) is 11.3. The molecule has 1 fully saturated rings. The molecule has 1 aromatic heterocycles. The number of halogens is 1. The maximum Gasteiger partial charge on any atom is 0.293 e. The highest BCUT2D eigenvalue weighted by Crippen LogP contribution is 2.35. The molecule has 4 aromatic rings. The van der Waals surface area contributed by atoms with E-state index in [0.717, 1.165) is 45.5 Å². The highest BCUT2D eigenvalue weighted by molar-refractivity contribution is 8.18. The minimum atomic E-state index is -0.354. The van der Waals surface area contributed by atoms with E-state index >= 15 is 0 Å². The number of benzene rings is 3. The van der Waals surface area contributed by atoms with Crippen LogP contribution in [0.3, 0.4) is 0 Å². The topological polar surface area (TPSA) is 42.3 Å². The summed E-state index contributed by atoms with van der Waals surface area (Å²) in [6.07, 6.45) is 1.78. The zero-order valence-corrected chi connectivity index (χ0v) is 20.2. The minimum absolute atomic E-state index is 0.120. The van der Waals surface area contributed by atoms with Crippen molar-refractivity contribution >= 4 is 29.0 Å². The van der Waals surface area contributed by atoms with Gasteiger partial charge in [-0.3, -0.25) is 14.5 Å². The molecule has 0 radical (unpaired) electrons. The van der Waals surface area contributed by atoms with Gasteiger partial charge >= 0.3 is 0 Å². The molecule has 1 aliphatic rings. The molecule has 1 aliphatic heterocycles. The molecule has 2 heterocycles. The number of rotatable bonds is 5. The Bertz CT molecular complexity index is 1440. The Balaban J connectivity index is 1.40. The number of hydrogen-bond donors (Lipinski definition) is 0. The third-order valence-corrected chi connectivity index (χ3v) is 7.02. The van der Waals surface area contributed by atoms with Gasteiger partial charge in [-0.2, -0.15) is 0 Å². The molecule has 174 valence electrons. The third kappa shape index (κ3) is 4.57. The van der Waals surface area contributed by atoms with Crippen LogP contribution >= 0.6 is 11.8 Å². The molecule has 6 heteroatoms. The number of aromatic nitrogens is 1. The van der Waals surface area contributed by atoms with Crippen molar-refractivity contribution in [2.75, 3.05) is 0 Å². The molecule has 0 N–H and O–H groups in total. The lowest BCUT2D eigenvalue weighted by Gasteiger charge is -2.12. The van der Waals surface area contributed by atoms with Gasteiger partial charge in [-0.05, 0) is 84.3 Å². The van der Waals surface area contributed by atoms with Gasteiger partial charge in [-0.15, -0.1) is 0 Å². The molecule has 0 aliphatic carbocycles. The molecule has 1 saturated heterocycles. The molecule has 35 heavy (non-hydrogen) atoms. The van der Waals surface area contributed by atoms with Crippen molar-refractivity contribution in [2.24, 2.45) is 0 Å². The predicted octanol–water partition coefficient (Wildman–Crippen LogP) is 7.14. The van der Waals surface area contributed by atoms with E-state index in [9.17, 15) is 14.0 Å². The van der Waals surface area contributed by atoms with E-state index in [1.54, 1.807) is 18.2 Å². The van der Waals surface area contributed by atoms with E-state index < -0.39 is 0 Å². The maximum absolute atomic E-state index is 13.2. The second-order valence-corrected chi connectivity index (χ2v) is 9.46. The summed E-state index contributed by atoms with van der Waals surface area (Å²) in [4.78, 5) is 27.1. The molecule has 4 nitrogen and oxygen atoms in total. The standard InChI is InChI=1S/C29H23FN2O2S/c1-19-16-24(17-27-28(33)31(29(34)35-27)18-21-8-12-25(30)13-9-21)20(2)32(19)26-14-10-23(11-15-26)22-6-4-3-5-7-22/h3-17H,18H2,1-2H3/b27-17-. The minimum Gasteiger partial charge on any atom is -0.318 e. The van der Waals surface area contributed by atoms with Crippen LogP contribution in [0.5, 0.6) is 0 Å². The SMILES string of the molecule is Cc1cc(/C=C2\SC(=O)N(Cc3ccc(F)cc3)C2=O)c(C)n1-c1ccc(-c2ccccc2)cc1. The lowest BCUT2D eigenvalue weighted by Crippen LogP contribution is -2.27. The number of nitrogens with zero attached hydrogens (tertiary/aromatic N) is 2. The Morgan fingerprint density at radius 1 is 0.857 bits per heavy atom. The molecule has 0 spiro atoms. The van der Waals surface area contributed by atoms with Gasteiger partial charge in [0.05, 0.1) is 11.4 Å². The van der Waals surface area contributed by atoms with Gasteiger partial charge in [-0.1, -0.05) is 54.6 Å². The van der Waals surface area contributed by atoms with E-state index in [1.807, 2.05) is 38.1 Å². The summed E-state index contributed by atoms with van der Waals surface area (Å²) in [5, 5.41) is -0.323. The summed E-state index contributed by atoms with van der Waals surface area (Å²) in [5.41, 5.74) is 6.95. The van der Waals surface area contributed by atoms with E-state index in [0.29, 0.717) is 10.5 Å². The first kappa shape index (κ1) is 22.9. The van der Waals surface area contributed by atoms with Crippen molar-refractivity contribution in [1.82, 2.24) is 9.47 Å². The van der Waals surface area contributed by atoms with Crippen LogP contribution in [0.4, 0.5) is 9.18 Å². The van der Waals surface area contributed by atoms with Crippen LogP contribution in [0.25, 0.3) is 22.9 Å². The van der Waals surface area contributed by atoms with Crippen LogP contribution in [-0.2, 0) is 11.3 Å². The fourth-order valence-corrected chi connectivity index (χ4v) is 5.14. The van der Waals surface area contributed by atoms with Gasteiger partial charge in [0.25, 0.3) is 11.1 Å². The van der Waals surface area contributed by atoms with E-state index in [2.05, 4.69) is 41.0 Å². The molecule has 0 unspecified atom stereocenters. The highest BCUT2D eigenvalue weighted by Gasteiger charge is 2.35. The number of imide groups is 1. The van der Waals surface area contributed by atoms with Gasteiger partial charge in [0, 0.05) is 17.1 Å². The molecule has 0 atom stereocenters. The number of thioether (sulfide) groups is 1. The lowest BCUT2D eigenvalue weighted by molar-refractivity contribution is -0.123. The Hall–Kier alpha value is -3.90. The van der Waals surface area contributed by atoms with Crippen LogP contribution in [0.1, 0.15) is 22.5 Å². The largest absolute Gasteiger partial charge is 0.318 e. The van der Waals surface area contributed by atoms with Gasteiger partial charge in [0.1, 0.15) is 5.82 Å². The van der Waals surface area contributed by atoms with Gasteiger partial charge in [0.15, 0.2) is 0 Å². The summed E-state index contributed by atoms with van der Waals surface area (Å²) in [6.45, 7) is 4.15. The second-order valence-electron chi connectivity index (χ2n) is 8.47. The van der Waals surface area contributed by atoms with Gasteiger partial charge in [-0.25, -0.2) is 4.39 Å². The Kier molecular flexibility index (Phi) is 6.14. The molecule has 5 rings (SSSR count). The molecule has 3 aromatic carbocycles. The average molecular weight is 483 g/mol. The van der Waals surface area contributed by atoms with Crippen molar-refractivity contribution < 1.29 is 14.0 Å². The monoisotopic (exact) mass is 482 g/mol. The van der Waals surface area contributed by atoms with Gasteiger partial charge in [0.2, 0.25) is 0 Å². The van der Waals surface area contributed by atoms with Crippen LogP contribution in [0, 0.1) is 19.7 Å². The third-order valence-electron chi connectivity index (χ3n) is 6.12. The molecule has 2 amide bonds. The predicted molar refractivity (Wildman–Crippen MR) is 139 cm³/mol. The Morgan fingerprint density at radius 3 is 2.20 bits per heavy atom. The van der Waals surface area contributed by atoms with Crippen LogP contribution in [-0.4, -0.2) is 20.6 Å². The summed E-state index contributed by atoms with van der Waals surface area (Å²) < 4.78 is 15.3. The van der Waals surface area contributed by atoms with Gasteiger partial charge < -0.3 is 4.57 Å². The first-order chi connectivity index (χ1) is 16.9. The summed E-state index contributed by atoms with van der Waals surface area (Å²) >= 11 is 0.933. The number of carbonyl (C=O) groups excluding carboxylic acids is 2. The summed E-state index contributed by atoms with van der Waals surface area (Å²) in [5.74, 6) is -0.686. The van der Waals surface area contributed by atoms with Crippen LogP contribution < -0.4 is 0 Å². The summed E-state index contributed by atoms with van der Waals surface area (Å²) in [7, 11) is 0. The van der Waals surface area contributed by atoms with Crippen LogP contribution in [0.2, 0.25) is 0 Å². The zero-order valence-electron chi connectivity index (χ0n) is 19.4. The first-order valence-corrected chi connectivity index (χ1v) is 12.1. The fraction of sp³-hybridized carbons (Fsp3) is 0.103. The quantitative estimate of drug-likeness (QED) is 0.284. The smallest absolute Gasteiger partial charge is 0.293 e. The average Bonchev–Trinajstić information content (AvgIpc) is 3.30. The summed E-state index contributed by atoms with van der Waals surface area (Å²) in [6, 6.07) is 26.4. The maximum atomic E-state index is 13.2. The number of aryl methyl sites for hydroxylation is 1. The number of hydrogen-bond acceptors (Lipinski definition) is 3. The van der Waals surface area contributed by atoms with Crippen molar-refractivity contribution in [3.8, 4) is 16.8 Å². The number of carbonyl (C=O) groups is 2. The molecular formula is C29H23FN2O2S. The fourth-order valence-electron chi connectivity index (χ4n) is 4.31. The molecule has 0 bridgehead atoms. The zero-order chi connectivity index (χ0) is 24.5. The van der Waals surface area contributed by atoms with Crippen molar-refractivity contribution in [3.05, 3.63) is 118 Å². The molecular weight excluding hydrogens is 459 g/mol. The Labute approximate surface area is 207 Å². The molecule has 0 saturated carbocycles. The normalized spacial score (nSPS) is 14.8. The number of amides is 2. The van der Waals surface area contributed by atoms with E-state index in [1.165, 1.54) is 17.0 Å². The highest BCUT2D eigenvalue weighted by atomic mass is 32.2. The van der Waals surface area contributed by atoms with E-state index in [4.69, 9.17) is 0 Å². The van der Waals surface area contributed by atoms with Crippen molar-refractivity contribution in [2.45, 2.75) is 20.4 Å². The lowest BCUT2D eigenvalue weighted by atomic mass is 10.1. The van der Waals surface area contributed by atoms with Crippen molar-refractivity contribution in [3.63, 3.8) is 0 Å². The van der Waals surface area contributed by atoms with Crippen molar-refractivity contribution in [1.29, 1.82) is 0 Å². The Morgan fingerprint density at radius 2 is 1.51 bits per heavy atom. The second kappa shape index (κ2) is 9.39. The van der Waals surface area contributed by atoms with E-state index in [-0.39, 0.29) is 23.5 Å². The van der Waals surface area contributed by atoms with Crippen LogP contribution in [0.15, 0.2) is 89.8 Å².